The first-order valence-electron chi connectivity index (χ1n) is 4.43. The van der Waals surface area contributed by atoms with Gasteiger partial charge in [0, 0.05) is 15.1 Å². The maximum absolute atomic E-state index is 8.37. The summed E-state index contributed by atoms with van der Waals surface area (Å²) in [5, 5.41) is 11.9. The molecule has 0 unspecified atom stereocenters. The van der Waals surface area contributed by atoms with E-state index in [0.29, 0.717) is 16.5 Å². The SMILES string of the molecule is O/N=C\c1ccc(-c2ccc(Cl)cc2Br)o1. The molecule has 0 saturated heterocycles. The zero-order chi connectivity index (χ0) is 11.5. The van der Waals surface area contributed by atoms with Crippen molar-refractivity contribution < 1.29 is 9.62 Å². The molecule has 1 N–H and O–H groups in total. The van der Waals surface area contributed by atoms with Crippen molar-refractivity contribution in [1.82, 2.24) is 0 Å². The number of benzene rings is 1. The minimum Gasteiger partial charge on any atom is -0.455 e. The lowest BCUT2D eigenvalue weighted by Gasteiger charge is -2.00. The molecule has 0 spiro atoms. The molecular formula is C11H7BrClNO2. The van der Waals surface area contributed by atoms with Crippen LogP contribution in [-0.2, 0) is 0 Å². The van der Waals surface area contributed by atoms with Crippen LogP contribution < -0.4 is 0 Å². The van der Waals surface area contributed by atoms with Crippen molar-refractivity contribution in [2.45, 2.75) is 0 Å². The van der Waals surface area contributed by atoms with E-state index in [1.165, 1.54) is 6.21 Å². The Morgan fingerprint density at radius 3 is 2.81 bits per heavy atom. The number of halogens is 2. The molecule has 0 atom stereocenters. The summed E-state index contributed by atoms with van der Waals surface area (Å²) >= 11 is 9.25. The van der Waals surface area contributed by atoms with Gasteiger partial charge in [-0.15, -0.1) is 0 Å². The van der Waals surface area contributed by atoms with Crippen molar-refractivity contribution >= 4 is 33.7 Å². The normalized spacial score (nSPS) is 11.1. The van der Waals surface area contributed by atoms with Crippen LogP contribution in [0, 0.1) is 0 Å². The summed E-state index contributed by atoms with van der Waals surface area (Å²) in [6, 6.07) is 8.94. The fourth-order valence-electron chi connectivity index (χ4n) is 1.31. The van der Waals surface area contributed by atoms with Crippen molar-refractivity contribution in [3.63, 3.8) is 0 Å². The summed E-state index contributed by atoms with van der Waals surface area (Å²) in [5.74, 6) is 1.16. The van der Waals surface area contributed by atoms with Crippen LogP contribution in [0.5, 0.6) is 0 Å². The molecule has 0 radical (unpaired) electrons. The third-order valence-corrected chi connectivity index (χ3v) is 2.90. The van der Waals surface area contributed by atoms with Crippen LogP contribution in [0.25, 0.3) is 11.3 Å². The molecule has 82 valence electrons. The Hall–Kier alpha value is -1.26. The molecule has 2 rings (SSSR count). The predicted molar refractivity (Wildman–Crippen MR) is 66.2 cm³/mol. The zero-order valence-corrected chi connectivity index (χ0v) is 10.4. The van der Waals surface area contributed by atoms with Gasteiger partial charge in [-0.2, -0.15) is 0 Å². The number of oxime groups is 1. The van der Waals surface area contributed by atoms with Crippen LogP contribution in [0.1, 0.15) is 5.76 Å². The van der Waals surface area contributed by atoms with Gasteiger partial charge in [0.2, 0.25) is 0 Å². The molecule has 1 aromatic carbocycles. The van der Waals surface area contributed by atoms with E-state index in [-0.39, 0.29) is 0 Å². The second-order valence-electron chi connectivity index (χ2n) is 3.07. The molecular weight excluding hydrogens is 293 g/mol. The van der Waals surface area contributed by atoms with E-state index in [0.717, 1.165) is 10.0 Å². The molecule has 0 fully saturated rings. The summed E-state index contributed by atoms with van der Waals surface area (Å²) in [5.41, 5.74) is 0.891. The smallest absolute Gasteiger partial charge is 0.149 e. The molecule has 0 aliphatic heterocycles. The highest BCUT2D eigenvalue weighted by Gasteiger charge is 2.07. The Morgan fingerprint density at radius 2 is 2.12 bits per heavy atom. The molecule has 0 saturated carbocycles. The van der Waals surface area contributed by atoms with Gasteiger partial charge in [-0.25, -0.2) is 0 Å². The van der Waals surface area contributed by atoms with Crippen molar-refractivity contribution in [1.29, 1.82) is 0 Å². The third kappa shape index (κ3) is 2.28. The van der Waals surface area contributed by atoms with Crippen molar-refractivity contribution in [3.05, 3.63) is 45.6 Å². The first kappa shape index (κ1) is 11.2. The lowest BCUT2D eigenvalue weighted by molar-refractivity contribution is 0.321. The number of furan rings is 1. The fraction of sp³-hybridized carbons (Fsp3) is 0. The summed E-state index contributed by atoms with van der Waals surface area (Å²) < 4.78 is 6.30. The van der Waals surface area contributed by atoms with E-state index in [9.17, 15) is 0 Å². The first-order valence-corrected chi connectivity index (χ1v) is 5.60. The molecule has 0 aliphatic carbocycles. The van der Waals surface area contributed by atoms with Crippen LogP contribution in [0.2, 0.25) is 5.02 Å². The van der Waals surface area contributed by atoms with Gasteiger partial charge in [-0.05, 0) is 46.3 Å². The van der Waals surface area contributed by atoms with Crippen molar-refractivity contribution in [2.75, 3.05) is 0 Å². The van der Waals surface area contributed by atoms with Gasteiger partial charge in [0.05, 0.1) is 0 Å². The summed E-state index contributed by atoms with van der Waals surface area (Å²) in [6.07, 6.45) is 1.23. The van der Waals surface area contributed by atoms with Gasteiger partial charge in [0.25, 0.3) is 0 Å². The van der Waals surface area contributed by atoms with Gasteiger partial charge < -0.3 is 9.62 Å². The average Bonchev–Trinajstić information content (AvgIpc) is 2.67. The van der Waals surface area contributed by atoms with Crippen molar-refractivity contribution in [2.24, 2.45) is 5.16 Å². The van der Waals surface area contributed by atoms with Gasteiger partial charge in [0.1, 0.15) is 17.7 Å². The van der Waals surface area contributed by atoms with Crippen LogP contribution in [0.4, 0.5) is 0 Å². The molecule has 3 nitrogen and oxygen atoms in total. The van der Waals surface area contributed by atoms with Crippen molar-refractivity contribution in [3.8, 4) is 11.3 Å². The summed E-state index contributed by atoms with van der Waals surface area (Å²) in [6.45, 7) is 0. The monoisotopic (exact) mass is 299 g/mol. The van der Waals surface area contributed by atoms with Gasteiger partial charge >= 0.3 is 0 Å². The topological polar surface area (TPSA) is 45.7 Å². The van der Waals surface area contributed by atoms with Gasteiger partial charge in [0.15, 0.2) is 0 Å². The van der Waals surface area contributed by atoms with Crippen LogP contribution in [0.3, 0.4) is 0 Å². The number of rotatable bonds is 2. The second-order valence-corrected chi connectivity index (χ2v) is 4.36. The molecule has 2 aromatic rings. The Bertz CT molecular complexity index is 537. The number of hydrogen-bond acceptors (Lipinski definition) is 3. The largest absolute Gasteiger partial charge is 0.455 e. The van der Waals surface area contributed by atoms with E-state index in [2.05, 4.69) is 21.1 Å². The minimum atomic E-state index is 0.486. The molecule has 0 amide bonds. The highest BCUT2D eigenvalue weighted by atomic mass is 79.9. The van der Waals surface area contributed by atoms with Crippen LogP contribution >= 0.6 is 27.5 Å². The maximum atomic E-state index is 8.37. The minimum absolute atomic E-state index is 0.486. The molecule has 1 aromatic heterocycles. The third-order valence-electron chi connectivity index (χ3n) is 2.01. The Morgan fingerprint density at radius 1 is 1.31 bits per heavy atom. The molecule has 0 aliphatic rings. The Kier molecular flexibility index (Phi) is 3.31. The Balaban J connectivity index is 2.42. The van der Waals surface area contributed by atoms with E-state index < -0.39 is 0 Å². The first-order chi connectivity index (χ1) is 7.70. The molecule has 0 bridgehead atoms. The lowest BCUT2D eigenvalue weighted by Crippen LogP contribution is -1.77. The number of nitrogens with zero attached hydrogens (tertiary/aromatic N) is 1. The highest BCUT2D eigenvalue weighted by Crippen LogP contribution is 2.31. The van der Waals surface area contributed by atoms with E-state index in [4.69, 9.17) is 21.2 Å². The summed E-state index contributed by atoms with van der Waals surface area (Å²) in [7, 11) is 0. The second kappa shape index (κ2) is 4.72. The highest BCUT2D eigenvalue weighted by molar-refractivity contribution is 9.10. The standard InChI is InChI=1S/C11H7BrClNO2/c12-10-5-7(13)1-3-9(10)11-4-2-8(16-11)6-14-15/h1-6,15H/b14-6-. The fourth-order valence-corrected chi connectivity index (χ4v) is 2.19. The van der Waals surface area contributed by atoms with Crippen LogP contribution in [0.15, 0.2) is 44.4 Å². The van der Waals surface area contributed by atoms with E-state index in [1.807, 2.05) is 6.07 Å². The number of hydrogen-bond donors (Lipinski definition) is 1. The van der Waals surface area contributed by atoms with E-state index >= 15 is 0 Å². The maximum Gasteiger partial charge on any atom is 0.149 e. The van der Waals surface area contributed by atoms with Gasteiger partial charge in [-0.1, -0.05) is 16.8 Å². The Labute approximate surface area is 105 Å². The average molecular weight is 301 g/mol. The molecule has 5 heteroatoms. The molecule has 16 heavy (non-hydrogen) atoms. The summed E-state index contributed by atoms with van der Waals surface area (Å²) in [4.78, 5) is 0. The zero-order valence-electron chi connectivity index (χ0n) is 8.02. The quantitative estimate of drug-likeness (QED) is 0.514. The lowest BCUT2D eigenvalue weighted by atomic mass is 10.2. The predicted octanol–water partition coefficient (Wildman–Crippen LogP) is 4.17. The van der Waals surface area contributed by atoms with Crippen LogP contribution in [-0.4, -0.2) is 11.4 Å². The van der Waals surface area contributed by atoms with E-state index in [1.54, 1.807) is 24.3 Å². The van der Waals surface area contributed by atoms with Gasteiger partial charge in [-0.3, -0.25) is 0 Å². The molecule has 1 heterocycles.